The van der Waals surface area contributed by atoms with Gasteiger partial charge in [0.2, 0.25) is 11.8 Å². The summed E-state index contributed by atoms with van der Waals surface area (Å²) in [6.07, 6.45) is 0.795. The summed E-state index contributed by atoms with van der Waals surface area (Å²) < 4.78 is 0.935. The first-order chi connectivity index (χ1) is 16.3. The highest BCUT2D eigenvalue weighted by Crippen LogP contribution is 2.37. The summed E-state index contributed by atoms with van der Waals surface area (Å²) in [4.78, 5) is 42.8. The maximum Gasteiger partial charge on any atom is 0.259 e. The molecule has 7 heteroatoms. The Hall–Kier alpha value is -3.19. The number of carbonyl (C=O) groups excluding carboxylic acids is 3. The van der Waals surface area contributed by atoms with Gasteiger partial charge in [-0.05, 0) is 55.5 Å². The van der Waals surface area contributed by atoms with Crippen LogP contribution in [-0.4, -0.2) is 41.2 Å². The van der Waals surface area contributed by atoms with Crippen molar-refractivity contribution in [1.29, 1.82) is 0 Å². The quantitative estimate of drug-likeness (QED) is 0.458. The van der Waals surface area contributed by atoms with Crippen LogP contribution in [0.5, 0.6) is 0 Å². The molecule has 1 heterocycles. The average molecular weight is 522 g/mol. The zero-order chi connectivity index (χ0) is 24.4. The fourth-order valence-electron chi connectivity index (χ4n) is 4.20. The Labute approximate surface area is 208 Å². The second-order valence-corrected chi connectivity index (χ2v) is 9.63. The number of halogens is 1. The van der Waals surface area contributed by atoms with Crippen molar-refractivity contribution < 1.29 is 14.4 Å². The molecule has 0 aromatic heterocycles. The summed E-state index contributed by atoms with van der Waals surface area (Å²) in [6, 6.07) is 18.3. The number of nitrogens with one attached hydrogen (secondary N) is 1. The number of amides is 3. The van der Waals surface area contributed by atoms with Crippen molar-refractivity contribution in [3.05, 3.63) is 76.3 Å². The smallest absolute Gasteiger partial charge is 0.259 e. The molecule has 34 heavy (non-hydrogen) atoms. The molecule has 0 spiro atoms. The lowest BCUT2D eigenvalue weighted by atomic mass is 10.1. The van der Waals surface area contributed by atoms with E-state index in [4.69, 9.17) is 0 Å². The van der Waals surface area contributed by atoms with E-state index in [0.717, 1.165) is 32.9 Å². The zero-order valence-electron chi connectivity index (χ0n) is 19.5. The molecule has 1 N–H and O–H groups in total. The normalized spacial score (nSPS) is 14.2. The second kappa shape index (κ2) is 9.97. The predicted octanol–water partition coefficient (Wildman–Crippen LogP) is 4.89. The SMILES string of the molecule is CCC(C)NC(=O)C(C)N(Cc1ccc(Br)cc1)C(=O)CN1C(=O)c2cccc3cccc1c23. The minimum absolute atomic E-state index is 0.00634. The molecule has 0 saturated heterocycles. The van der Waals surface area contributed by atoms with E-state index in [0.29, 0.717) is 5.56 Å². The lowest BCUT2D eigenvalue weighted by Gasteiger charge is -2.31. The maximum absolute atomic E-state index is 13.6. The fraction of sp³-hybridized carbons (Fsp3) is 0.296. The Morgan fingerprint density at radius 2 is 1.71 bits per heavy atom. The summed E-state index contributed by atoms with van der Waals surface area (Å²) in [5.41, 5.74) is 2.23. The third-order valence-electron chi connectivity index (χ3n) is 6.38. The molecule has 2 atom stereocenters. The van der Waals surface area contributed by atoms with Crippen molar-refractivity contribution in [2.24, 2.45) is 0 Å². The third kappa shape index (κ3) is 4.71. The van der Waals surface area contributed by atoms with Crippen LogP contribution in [0.3, 0.4) is 0 Å². The van der Waals surface area contributed by atoms with E-state index < -0.39 is 6.04 Å². The standard InChI is InChI=1S/C27H28BrN3O3/c1-4-17(2)29-26(33)18(3)30(15-19-11-13-21(28)14-12-19)24(32)16-31-23-10-6-8-20-7-5-9-22(25(20)23)27(31)34/h5-14,17-18H,4,15-16H2,1-3H3,(H,29,33). The van der Waals surface area contributed by atoms with Crippen molar-refractivity contribution >= 4 is 50.1 Å². The highest BCUT2D eigenvalue weighted by atomic mass is 79.9. The summed E-state index contributed by atoms with van der Waals surface area (Å²) >= 11 is 3.43. The molecule has 1 aliphatic rings. The number of hydrogen-bond acceptors (Lipinski definition) is 3. The molecular weight excluding hydrogens is 494 g/mol. The molecule has 4 rings (SSSR count). The number of carbonyl (C=O) groups is 3. The van der Waals surface area contributed by atoms with Gasteiger partial charge in [0.25, 0.3) is 5.91 Å². The van der Waals surface area contributed by atoms with Crippen molar-refractivity contribution in [1.82, 2.24) is 10.2 Å². The van der Waals surface area contributed by atoms with Gasteiger partial charge < -0.3 is 10.2 Å². The van der Waals surface area contributed by atoms with Gasteiger partial charge in [0, 0.05) is 28.0 Å². The van der Waals surface area contributed by atoms with E-state index in [2.05, 4.69) is 21.2 Å². The van der Waals surface area contributed by atoms with Crippen LogP contribution in [-0.2, 0) is 16.1 Å². The zero-order valence-corrected chi connectivity index (χ0v) is 21.1. The first kappa shape index (κ1) is 24.0. The lowest BCUT2D eigenvalue weighted by Crippen LogP contribution is -2.52. The minimum atomic E-state index is -0.694. The van der Waals surface area contributed by atoms with Gasteiger partial charge in [-0.15, -0.1) is 0 Å². The molecule has 2 unspecified atom stereocenters. The van der Waals surface area contributed by atoms with E-state index in [-0.39, 0.29) is 36.9 Å². The Balaban J connectivity index is 1.61. The third-order valence-corrected chi connectivity index (χ3v) is 6.91. The number of benzene rings is 3. The van der Waals surface area contributed by atoms with Crippen molar-refractivity contribution in [2.45, 2.75) is 45.8 Å². The largest absolute Gasteiger partial charge is 0.352 e. The van der Waals surface area contributed by atoms with E-state index in [1.54, 1.807) is 17.9 Å². The van der Waals surface area contributed by atoms with Gasteiger partial charge in [-0.2, -0.15) is 0 Å². The number of nitrogens with zero attached hydrogens (tertiary/aromatic N) is 2. The molecular formula is C27H28BrN3O3. The molecule has 0 radical (unpaired) electrons. The van der Waals surface area contributed by atoms with Gasteiger partial charge in [0.15, 0.2) is 0 Å². The topological polar surface area (TPSA) is 69.7 Å². The van der Waals surface area contributed by atoms with Crippen LogP contribution in [0.25, 0.3) is 10.8 Å². The van der Waals surface area contributed by atoms with Crippen LogP contribution >= 0.6 is 15.9 Å². The van der Waals surface area contributed by atoms with Crippen molar-refractivity contribution in [2.75, 3.05) is 11.4 Å². The minimum Gasteiger partial charge on any atom is -0.352 e. The first-order valence-electron chi connectivity index (χ1n) is 11.5. The number of hydrogen-bond donors (Lipinski definition) is 1. The van der Waals surface area contributed by atoms with Crippen LogP contribution in [0, 0.1) is 0 Å². The molecule has 1 aliphatic heterocycles. The number of rotatable bonds is 8. The van der Waals surface area contributed by atoms with Gasteiger partial charge in [0.1, 0.15) is 12.6 Å². The lowest BCUT2D eigenvalue weighted by molar-refractivity contribution is -0.139. The summed E-state index contributed by atoms with van der Waals surface area (Å²) in [5.74, 6) is -0.689. The first-order valence-corrected chi connectivity index (χ1v) is 12.3. The van der Waals surface area contributed by atoms with E-state index in [1.807, 2.05) is 68.4 Å². The monoisotopic (exact) mass is 521 g/mol. The molecule has 3 amide bonds. The van der Waals surface area contributed by atoms with E-state index >= 15 is 0 Å². The molecule has 0 fully saturated rings. The summed E-state index contributed by atoms with van der Waals surface area (Å²) in [6.45, 7) is 5.80. The molecule has 176 valence electrons. The molecule has 0 saturated carbocycles. The van der Waals surface area contributed by atoms with E-state index in [1.165, 1.54) is 4.90 Å². The molecule has 3 aromatic carbocycles. The number of anilines is 1. The molecule has 3 aromatic rings. The van der Waals surface area contributed by atoms with Crippen LogP contribution in [0.2, 0.25) is 0 Å². The Bertz CT molecular complexity index is 1240. The maximum atomic E-state index is 13.6. The van der Waals surface area contributed by atoms with Gasteiger partial charge in [0.05, 0.1) is 5.69 Å². The average Bonchev–Trinajstić information content (AvgIpc) is 3.11. The Morgan fingerprint density at radius 1 is 1.03 bits per heavy atom. The van der Waals surface area contributed by atoms with Crippen molar-refractivity contribution in [3.8, 4) is 0 Å². The van der Waals surface area contributed by atoms with Crippen molar-refractivity contribution in [3.63, 3.8) is 0 Å². The summed E-state index contributed by atoms with van der Waals surface area (Å²) in [5, 5.41) is 4.80. The predicted molar refractivity (Wildman–Crippen MR) is 138 cm³/mol. The van der Waals surface area contributed by atoms with Gasteiger partial charge in [-0.25, -0.2) is 0 Å². The van der Waals surface area contributed by atoms with Gasteiger partial charge in [-0.3, -0.25) is 19.3 Å². The van der Waals surface area contributed by atoms with Gasteiger partial charge >= 0.3 is 0 Å². The van der Waals surface area contributed by atoms with E-state index in [9.17, 15) is 14.4 Å². The molecule has 0 bridgehead atoms. The van der Waals surface area contributed by atoms with Gasteiger partial charge in [-0.1, -0.05) is 59.3 Å². The fourth-order valence-corrected chi connectivity index (χ4v) is 4.46. The molecule has 0 aliphatic carbocycles. The Kier molecular flexibility index (Phi) is 7.03. The van der Waals surface area contributed by atoms with Crippen LogP contribution in [0.15, 0.2) is 65.1 Å². The second-order valence-electron chi connectivity index (χ2n) is 8.71. The van der Waals surface area contributed by atoms with Crippen LogP contribution in [0.4, 0.5) is 5.69 Å². The van der Waals surface area contributed by atoms with Crippen LogP contribution < -0.4 is 10.2 Å². The molecule has 6 nitrogen and oxygen atoms in total. The van der Waals surface area contributed by atoms with Crippen LogP contribution in [0.1, 0.15) is 43.1 Å². The highest BCUT2D eigenvalue weighted by molar-refractivity contribution is 9.10. The summed E-state index contributed by atoms with van der Waals surface area (Å²) in [7, 11) is 0. The Morgan fingerprint density at radius 3 is 2.38 bits per heavy atom. The highest BCUT2D eigenvalue weighted by Gasteiger charge is 2.34.